The number of aromatic nitrogens is 1. The Morgan fingerprint density at radius 1 is 1.13 bits per heavy atom. The van der Waals surface area contributed by atoms with Crippen molar-refractivity contribution >= 4 is 38.6 Å². The number of hydrogen-bond acceptors (Lipinski definition) is 5. The molecule has 0 aliphatic rings. The summed E-state index contributed by atoms with van der Waals surface area (Å²) in [5.41, 5.74) is 3.02. The minimum atomic E-state index is -0.463. The first kappa shape index (κ1) is 21.5. The Balaban J connectivity index is 2.01. The van der Waals surface area contributed by atoms with Crippen molar-refractivity contribution in [3.05, 3.63) is 69.3 Å². The maximum atomic E-state index is 12.6. The molecule has 0 spiro atoms. The van der Waals surface area contributed by atoms with E-state index in [1.165, 1.54) is 0 Å². The summed E-state index contributed by atoms with van der Waals surface area (Å²) in [4.78, 5) is 28.6. The average Bonchev–Trinajstić information content (AvgIpc) is 2.73. The number of carbonyl (C=O) groups is 2. The number of para-hydroxylation sites is 1. The topological polar surface area (TPSA) is 76.5 Å². The van der Waals surface area contributed by atoms with Gasteiger partial charge in [0.2, 0.25) is 0 Å². The molecule has 6 heteroatoms. The summed E-state index contributed by atoms with van der Waals surface area (Å²) in [6.07, 6.45) is -0.174. The highest BCUT2D eigenvalue weighted by atomic mass is 79.9. The number of halogens is 1. The van der Waals surface area contributed by atoms with Crippen LogP contribution in [0, 0.1) is 18.8 Å². The lowest BCUT2D eigenvalue weighted by Gasteiger charge is -2.09. The highest BCUT2D eigenvalue weighted by Gasteiger charge is 2.20. The van der Waals surface area contributed by atoms with Crippen molar-refractivity contribution in [3.63, 3.8) is 0 Å². The normalized spacial score (nSPS) is 10.4. The fourth-order valence-electron chi connectivity index (χ4n) is 2.96. The molecule has 0 saturated carbocycles. The van der Waals surface area contributed by atoms with Gasteiger partial charge in [-0.25, -0.2) is 4.98 Å². The molecule has 0 aliphatic carbocycles. The number of Topliss-reactive ketones (excluding diaryl/α,β-unsaturated/α-hetero) is 1. The first-order chi connectivity index (χ1) is 14.4. The third-order valence-corrected chi connectivity index (χ3v) is 5.22. The van der Waals surface area contributed by atoms with E-state index in [1.807, 2.05) is 43.3 Å². The zero-order valence-corrected chi connectivity index (χ0v) is 18.2. The van der Waals surface area contributed by atoms with Gasteiger partial charge in [-0.2, -0.15) is 0 Å². The van der Waals surface area contributed by atoms with Gasteiger partial charge in [-0.3, -0.25) is 9.59 Å². The van der Waals surface area contributed by atoms with Gasteiger partial charge in [0.1, 0.15) is 5.69 Å². The van der Waals surface area contributed by atoms with Crippen LogP contribution in [0.15, 0.2) is 46.9 Å². The molecule has 1 heterocycles. The van der Waals surface area contributed by atoms with E-state index >= 15 is 0 Å². The quantitative estimate of drug-likeness (QED) is 0.328. The predicted octanol–water partition coefficient (Wildman–Crippen LogP) is 4.94. The molecule has 0 bridgehead atoms. The van der Waals surface area contributed by atoms with Gasteiger partial charge in [0.05, 0.1) is 28.6 Å². The van der Waals surface area contributed by atoms with E-state index in [0.29, 0.717) is 20.9 Å². The van der Waals surface area contributed by atoms with Gasteiger partial charge in [0.15, 0.2) is 11.5 Å². The molecule has 1 N–H and O–H groups in total. The van der Waals surface area contributed by atoms with Gasteiger partial charge in [0, 0.05) is 17.4 Å². The van der Waals surface area contributed by atoms with Crippen LogP contribution in [0.2, 0.25) is 0 Å². The molecule has 0 amide bonds. The summed E-state index contributed by atoms with van der Waals surface area (Å²) in [5.74, 6) is 5.07. The van der Waals surface area contributed by atoms with Gasteiger partial charge in [-0.05, 0) is 53.5 Å². The van der Waals surface area contributed by atoms with Crippen molar-refractivity contribution in [1.29, 1.82) is 0 Å². The summed E-state index contributed by atoms with van der Waals surface area (Å²) in [6, 6.07) is 13.3. The van der Waals surface area contributed by atoms with E-state index in [4.69, 9.17) is 4.74 Å². The minimum Gasteiger partial charge on any atom is -0.504 e. The number of ketones is 1. The molecule has 5 nitrogen and oxygen atoms in total. The largest absolute Gasteiger partial charge is 0.504 e. The number of esters is 1. The number of carbonyl (C=O) groups excluding carboxylic acids is 2. The second kappa shape index (κ2) is 9.55. The van der Waals surface area contributed by atoms with E-state index in [2.05, 4.69) is 32.8 Å². The molecule has 0 unspecified atom stereocenters. The van der Waals surface area contributed by atoms with E-state index in [0.717, 1.165) is 11.1 Å². The number of nitrogens with zero attached hydrogens (tertiary/aromatic N) is 1. The number of ether oxygens (including phenoxy) is 1. The summed E-state index contributed by atoms with van der Waals surface area (Å²) >= 11 is 3.36. The van der Waals surface area contributed by atoms with Gasteiger partial charge in [-0.1, -0.05) is 36.1 Å². The molecular formula is C24H20BrNO4. The van der Waals surface area contributed by atoms with Crippen molar-refractivity contribution < 1.29 is 19.4 Å². The molecule has 1 aromatic heterocycles. The molecule has 0 saturated heterocycles. The Bertz CT molecular complexity index is 1190. The van der Waals surface area contributed by atoms with Crippen LogP contribution in [0.4, 0.5) is 0 Å². The van der Waals surface area contributed by atoms with Gasteiger partial charge in [0.25, 0.3) is 0 Å². The predicted molar refractivity (Wildman–Crippen MR) is 118 cm³/mol. The zero-order valence-electron chi connectivity index (χ0n) is 16.7. The second-order valence-electron chi connectivity index (χ2n) is 6.67. The highest BCUT2D eigenvalue weighted by Crippen LogP contribution is 2.35. The van der Waals surface area contributed by atoms with Gasteiger partial charge >= 0.3 is 5.97 Å². The van der Waals surface area contributed by atoms with Crippen LogP contribution < -0.4 is 0 Å². The molecule has 0 aliphatic heterocycles. The van der Waals surface area contributed by atoms with E-state index in [-0.39, 0.29) is 30.9 Å². The first-order valence-corrected chi connectivity index (χ1v) is 10.3. The van der Waals surface area contributed by atoms with Gasteiger partial charge in [-0.15, -0.1) is 0 Å². The Morgan fingerprint density at radius 3 is 2.63 bits per heavy atom. The molecule has 0 radical (unpaired) electrons. The standard InChI is InChI=1S/C24H20BrNO4/c1-3-30-20(28)13-12-19(27)23-24(29)21(25)18-9-5-8-17(22(18)26-23)11-10-16-7-4-6-15(2)14-16/h4-9,14,29H,3,12-13H2,1-2H3. The van der Waals surface area contributed by atoms with Crippen LogP contribution in [0.5, 0.6) is 5.75 Å². The van der Waals surface area contributed by atoms with E-state index < -0.39 is 11.8 Å². The third kappa shape index (κ3) is 4.87. The van der Waals surface area contributed by atoms with Crippen molar-refractivity contribution in [2.24, 2.45) is 0 Å². The Morgan fingerprint density at radius 2 is 1.90 bits per heavy atom. The lowest BCUT2D eigenvalue weighted by atomic mass is 10.1. The molecule has 152 valence electrons. The monoisotopic (exact) mass is 465 g/mol. The fraction of sp³-hybridized carbons (Fsp3) is 0.208. The summed E-state index contributed by atoms with van der Waals surface area (Å²) in [5, 5.41) is 11.1. The minimum absolute atomic E-state index is 0.0712. The first-order valence-electron chi connectivity index (χ1n) is 9.49. The summed E-state index contributed by atoms with van der Waals surface area (Å²) in [7, 11) is 0. The van der Waals surface area contributed by atoms with E-state index in [9.17, 15) is 14.7 Å². The highest BCUT2D eigenvalue weighted by molar-refractivity contribution is 9.10. The Kier molecular flexibility index (Phi) is 6.86. The van der Waals surface area contributed by atoms with Crippen LogP contribution in [0.25, 0.3) is 10.9 Å². The number of pyridine rings is 1. The maximum Gasteiger partial charge on any atom is 0.306 e. The molecule has 2 aromatic carbocycles. The van der Waals surface area contributed by atoms with Crippen molar-refractivity contribution in [1.82, 2.24) is 4.98 Å². The lowest BCUT2D eigenvalue weighted by molar-refractivity contribution is -0.143. The molecule has 3 rings (SSSR count). The summed E-state index contributed by atoms with van der Waals surface area (Å²) in [6.45, 7) is 3.95. The van der Waals surface area contributed by atoms with Gasteiger partial charge < -0.3 is 9.84 Å². The molecule has 3 aromatic rings. The van der Waals surface area contributed by atoms with Crippen molar-refractivity contribution in [2.45, 2.75) is 26.7 Å². The number of benzene rings is 2. The molecule has 0 fully saturated rings. The zero-order chi connectivity index (χ0) is 21.7. The number of rotatable bonds is 5. The molecular weight excluding hydrogens is 446 g/mol. The lowest BCUT2D eigenvalue weighted by Crippen LogP contribution is -2.10. The van der Waals surface area contributed by atoms with Crippen LogP contribution in [0.1, 0.15) is 46.9 Å². The number of fused-ring (bicyclic) bond motifs is 1. The SMILES string of the molecule is CCOC(=O)CCC(=O)c1nc2c(C#Cc3cccc(C)c3)cccc2c(Br)c1O. The Hall–Kier alpha value is -3.17. The van der Waals surface area contributed by atoms with Crippen LogP contribution in [0.3, 0.4) is 0 Å². The third-order valence-electron chi connectivity index (χ3n) is 4.41. The molecule has 30 heavy (non-hydrogen) atoms. The average molecular weight is 466 g/mol. The smallest absolute Gasteiger partial charge is 0.306 e. The van der Waals surface area contributed by atoms with Crippen LogP contribution in [-0.4, -0.2) is 28.4 Å². The van der Waals surface area contributed by atoms with Crippen LogP contribution in [-0.2, 0) is 9.53 Å². The number of aromatic hydroxyl groups is 1. The number of hydrogen-bond donors (Lipinski definition) is 1. The maximum absolute atomic E-state index is 12.6. The molecule has 0 atom stereocenters. The van der Waals surface area contributed by atoms with E-state index in [1.54, 1.807) is 13.0 Å². The van der Waals surface area contributed by atoms with Crippen molar-refractivity contribution in [2.75, 3.05) is 6.61 Å². The number of aryl methyl sites for hydroxylation is 1. The summed E-state index contributed by atoms with van der Waals surface area (Å²) < 4.78 is 5.22. The fourth-order valence-corrected chi connectivity index (χ4v) is 3.47. The second-order valence-corrected chi connectivity index (χ2v) is 7.47. The Labute approximate surface area is 183 Å². The van der Waals surface area contributed by atoms with Crippen LogP contribution >= 0.6 is 15.9 Å². The van der Waals surface area contributed by atoms with Crippen molar-refractivity contribution in [3.8, 4) is 17.6 Å².